The molecule has 0 aromatic heterocycles. The Morgan fingerprint density at radius 2 is 2.05 bits per heavy atom. The number of carbonyl (C=O) groups is 2. The number of hydrogen-bond donors (Lipinski definition) is 1. The summed E-state index contributed by atoms with van der Waals surface area (Å²) in [7, 11) is 0. The third-order valence-corrected chi connectivity index (χ3v) is 3.27. The number of halogens is 2. The first kappa shape index (κ1) is 16.4. The Hall–Kier alpha value is -1.63. The van der Waals surface area contributed by atoms with Crippen molar-refractivity contribution in [1.82, 2.24) is 5.32 Å². The first-order valence-corrected chi connectivity index (χ1v) is 6.96. The molecule has 110 valence electrons. The van der Waals surface area contributed by atoms with Gasteiger partial charge in [0.1, 0.15) is 6.04 Å². The zero-order valence-electron chi connectivity index (χ0n) is 11.1. The maximum absolute atomic E-state index is 13.0. The minimum atomic E-state index is -0.963. The van der Waals surface area contributed by atoms with E-state index in [-0.39, 0.29) is 18.3 Å². The molecule has 0 fully saturated rings. The van der Waals surface area contributed by atoms with Gasteiger partial charge >= 0.3 is 5.97 Å². The van der Waals surface area contributed by atoms with Crippen LogP contribution < -0.4 is 5.32 Å². The summed E-state index contributed by atoms with van der Waals surface area (Å²) in [6.07, 6.45) is 0. The first-order valence-electron chi connectivity index (χ1n) is 5.98. The molecule has 0 spiro atoms. The van der Waals surface area contributed by atoms with Crippen LogP contribution >= 0.6 is 11.8 Å². The van der Waals surface area contributed by atoms with Crippen molar-refractivity contribution in [2.45, 2.75) is 24.8 Å². The van der Waals surface area contributed by atoms with Crippen molar-refractivity contribution >= 4 is 23.6 Å². The van der Waals surface area contributed by atoms with Gasteiger partial charge in [-0.25, -0.2) is 13.6 Å². The second-order valence-electron chi connectivity index (χ2n) is 3.91. The molecule has 1 N–H and O–H groups in total. The highest BCUT2D eigenvalue weighted by Gasteiger charge is 2.16. The smallest absolute Gasteiger partial charge is 0.328 e. The molecular formula is C13H15F2NO3S. The SMILES string of the molecule is CCOC(=O)C(C)NC(=O)CSc1ccc(F)c(F)c1. The predicted octanol–water partition coefficient (Wildman–Crippen LogP) is 2.12. The van der Waals surface area contributed by atoms with E-state index >= 15 is 0 Å². The van der Waals surface area contributed by atoms with Crippen LogP contribution in [0.1, 0.15) is 13.8 Å². The average molecular weight is 303 g/mol. The summed E-state index contributed by atoms with van der Waals surface area (Å²) in [5, 5.41) is 2.46. The fraction of sp³-hybridized carbons (Fsp3) is 0.385. The van der Waals surface area contributed by atoms with Crippen LogP contribution in [0, 0.1) is 11.6 Å². The number of amides is 1. The molecule has 1 amide bonds. The number of rotatable bonds is 6. The summed E-state index contributed by atoms with van der Waals surface area (Å²) >= 11 is 1.05. The Morgan fingerprint density at radius 3 is 2.65 bits per heavy atom. The molecule has 0 saturated heterocycles. The van der Waals surface area contributed by atoms with Gasteiger partial charge in [0.25, 0.3) is 0 Å². The summed E-state index contributed by atoms with van der Waals surface area (Å²) in [6, 6.07) is 2.65. The molecule has 1 aromatic rings. The van der Waals surface area contributed by atoms with E-state index in [1.807, 2.05) is 0 Å². The second-order valence-corrected chi connectivity index (χ2v) is 4.95. The highest BCUT2D eigenvalue weighted by atomic mass is 32.2. The molecule has 0 saturated carbocycles. The predicted molar refractivity (Wildman–Crippen MR) is 71.3 cm³/mol. The van der Waals surface area contributed by atoms with Crippen LogP contribution in [0.15, 0.2) is 23.1 Å². The molecular weight excluding hydrogens is 288 g/mol. The lowest BCUT2D eigenvalue weighted by molar-refractivity contribution is -0.146. The topological polar surface area (TPSA) is 55.4 Å². The van der Waals surface area contributed by atoms with Crippen LogP contribution in [0.25, 0.3) is 0 Å². The van der Waals surface area contributed by atoms with Crippen LogP contribution in [0.2, 0.25) is 0 Å². The van der Waals surface area contributed by atoms with E-state index in [0.717, 1.165) is 23.9 Å². The first-order chi connectivity index (χ1) is 9.43. The van der Waals surface area contributed by atoms with Gasteiger partial charge in [0.05, 0.1) is 12.4 Å². The van der Waals surface area contributed by atoms with Crippen molar-refractivity contribution in [3.05, 3.63) is 29.8 Å². The van der Waals surface area contributed by atoms with Gasteiger partial charge in [-0.1, -0.05) is 0 Å². The molecule has 0 bridgehead atoms. The Morgan fingerprint density at radius 1 is 1.35 bits per heavy atom. The number of carbonyl (C=O) groups excluding carboxylic acids is 2. The Bertz CT molecular complexity index is 497. The number of benzene rings is 1. The lowest BCUT2D eigenvalue weighted by atomic mass is 10.3. The zero-order chi connectivity index (χ0) is 15.1. The standard InChI is InChI=1S/C13H15F2NO3S/c1-3-19-13(18)8(2)16-12(17)7-20-9-4-5-10(14)11(15)6-9/h4-6,8H,3,7H2,1-2H3,(H,16,17). The Labute approximate surface area is 119 Å². The summed E-state index contributed by atoms with van der Waals surface area (Å²) in [6.45, 7) is 3.42. The quantitative estimate of drug-likeness (QED) is 0.646. The minimum Gasteiger partial charge on any atom is -0.464 e. The number of nitrogens with one attached hydrogen (secondary N) is 1. The van der Waals surface area contributed by atoms with Gasteiger partial charge in [-0.2, -0.15) is 0 Å². The molecule has 7 heteroatoms. The van der Waals surface area contributed by atoms with Gasteiger partial charge in [-0.3, -0.25) is 4.79 Å². The van der Waals surface area contributed by atoms with Gasteiger partial charge in [-0.15, -0.1) is 11.8 Å². The largest absolute Gasteiger partial charge is 0.464 e. The minimum absolute atomic E-state index is 0.00514. The molecule has 1 aromatic carbocycles. The van der Waals surface area contributed by atoms with Gasteiger partial charge in [0, 0.05) is 4.90 Å². The van der Waals surface area contributed by atoms with Crippen molar-refractivity contribution in [1.29, 1.82) is 0 Å². The van der Waals surface area contributed by atoms with Gasteiger partial charge in [-0.05, 0) is 32.0 Å². The Kier molecular flexibility index (Phi) is 6.44. The molecule has 4 nitrogen and oxygen atoms in total. The maximum atomic E-state index is 13.0. The van der Waals surface area contributed by atoms with Crippen molar-refractivity contribution in [2.75, 3.05) is 12.4 Å². The highest BCUT2D eigenvalue weighted by molar-refractivity contribution is 8.00. The average Bonchev–Trinajstić information content (AvgIpc) is 2.40. The lowest BCUT2D eigenvalue weighted by Crippen LogP contribution is -2.40. The zero-order valence-corrected chi connectivity index (χ0v) is 11.9. The van der Waals surface area contributed by atoms with Crippen LogP contribution in [0.3, 0.4) is 0 Å². The van der Waals surface area contributed by atoms with Crippen LogP contribution in [0.5, 0.6) is 0 Å². The van der Waals surface area contributed by atoms with E-state index in [4.69, 9.17) is 4.74 Å². The molecule has 0 aliphatic heterocycles. The molecule has 0 radical (unpaired) electrons. The van der Waals surface area contributed by atoms with E-state index < -0.39 is 23.6 Å². The van der Waals surface area contributed by atoms with E-state index in [1.54, 1.807) is 6.92 Å². The van der Waals surface area contributed by atoms with Crippen LogP contribution in [-0.4, -0.2) is 30.3 Å². The van der Waals surface area contributed by atoms with E-state index in [2.05, 4.69) is 5.32 Å². The van der Waals surface area contributed by atoms with E-state index in [0.29, 0.717) is 4.90 Å². The van der Waals surface area contributed by atoms with E-state index in [1.165, 1.54) is 13.0 Å². The fourth-order valence-electron chi connectivity index (χ4n) is 1.32. The number of hydrogen-bond acceptors (Lipinski definition) is 4. The molecule has 1 unspecified atom stereocenters. The number of ether oxygens (including phenoxy) is 1. The number of thioether (sulfide) groups is 1. The molecule has 0 aliphatic carbocycles. The molecule has 20 heavy (non-hydrogen) atoms. The summed E-state index contributed by atoms with van der Waals surface area (Å²) in [5.41, 5.74) is 0. The van der Waals surface area contributed by atoms with Gasteiger partial charge < -0.3 is 10.1 Å². The molecule has 0 aliphatic rings. The fourth-order valence-corrected chi connectivity index (χ4v) is 2.06. The molecule has 0 heterocycles. The van der Waals surface area contributed by atoms with Gasteiger partial charge in [0.2, 0.25) is 5.91 Å². The van der Waals surface area contributed by atoms with Crippen LogP contribution in [0.4, 0.5) is 8.78 Å². The maximum Gasteiger partial charge on any atom is 0.328 e. The third kappa shape index (κ3) is 5.16. The summed E-state index contributed by atoms with van der Waals surface area (Å²) in [4.78, 5) is 23.3. The lowest BCUT2D eigenvalue weighted by Gasteiger charge is -2.12. The van der Waals surface area contributed by atoms with E-state index in [9.17, 15) is 18.4 Å². The summed E-state index contributed by atoms with van der Waals surface area (Å²) in [5.74, 6) is -2.81. The molecule has 1 rings (SSSR count). The number of esters is 1. The van der Waals surface area contributed by atoms with Crippen LogP contribution in [-0.2, 0) is 14.3 Å². The normalized spacial score (nSPS) is 11.8. The van der Waals surface area contributed by atoms with Crippen molar-refractivity contribution in [3.63, 3.8) is 0 Å². The highest BCUT2D eigenvalue weighted by Crippen LogP contribution is 2.20. The van der Waals surface area contributed by atoms with Crippen molar-refractivity contribution in [2.24, 2.45) is 0 Å². The summed E-state index contributed by atoms with van der Waals surface area (Å²) < 4.78 is 30.4. The monoisotopic (exact) mass is 303 g/mol. The second kappa shape index (κ2) is 7.84. The van der Waals surface area contributed by atoms with Gasteiger partial charge in [0.15, 0.2) is 11.6 Å². The Balaban J connectivity index is 2.43. The third-order valence-electron chi connectivity index (χ3n) is 2.28. The van der Waals surface area contributed by atoms with Crippen molar-refractivity contribution in [3.8, 4) is 0 Å². The molecule has 1 atom stereocenters. The van der Waals surface area contributed by atoms with Crippen molar-refractivity contribution < 1.29 is 23.1 Å².